The van der Waals surface area contributed by atoms with Gasteiger partial charge in [0.2, 0.25) is 0 Å². The van der Waals surface area contributed by atoms with Gasteiger partial charge in [-0.25, -0.2) is 0 Å². The molecule has 0 spiro atoms. The lowest BCUT2D eigenvalue weighted by Gasteiger charge is -2.13. The van der Waals surface area contributed by atoms with Crippen molar-refractivity contribution >= 4 is 10.8 Å². The largest absolute Gasteiger partial charge is 0.494 e. The molecule has 0 saturated carbocycles. The van der Waals surface area contributed by atoms with Crippen molar-refractivity contribution in [2.24, 2.45) is 0 Å². The van der Waals surface area contributed by atoms with E-state index in [2.05, 4.69) is 29.4 Å². The summed E-state index contributed by atoms with van der Waals surface area (Å²) in [6, 6.07) is 12.4. The summed E-state index contributed by atoms with van der Waals surface area (Å²) in [6.45, 7) is 3.95. The molecule has 0 atom stereocenters. The average Bonchev–Trinajstić information content (AvgIpc) is 2.41. The van der Waals surface area contributed by atoms with Gasteiger partial charge in [0.1, 0.15) is 5.75 Å². The maximum atomic E-state index is 5.68. The molecule has 92 valence electrons. The van der Waals surface area contributed by atoms with Gasteiger partial charge < -0.3 is 10.1 Å². The molecule has 2 nitrogen and oxygen atoms in total. The predicted molar refractivity (Wildman–Crippen MR) is 75.7 cm³/mol. The first-order chi connectivity index (χ1) is 8.86. The van der Waals surface area contributed by atoms with E-state index in [4.69, 9.17) is 11.2 Å². The number of rotatable bonds is 5. The molecule has 0 aromatic heterocycles. The third-order valence-electron chi connectivity index (χ3n) is 2.83. The number of benzene rings is 2. The quantitative estimate of drug-likeness (QED) is 0.640. The van der Waals surface area contributed by atoms with Crippen molar-refractivity contribution in [2.45, 2.75) is 13.5 Å². The van der Waals surface area contributed by atoms with Crippen LogP contribution in [-0.2, 0) is 6.54 Å². The Labute approximate surface area is 108 Å². The van der Waals surface area contributed by atoms with Crippen molar-refractivity contribution in [2.75, 3.05) is 13.2 Å². The highest BCUT2D eigenvalue weighted by Gasteiger charge is 2.07. The summed E-state index contributed by atoms with van der Waals surface area (Å²) in [5.74, 6) is 3.52. The number of hydrogen-bond acceptors (Lipinski definition) is 2. The number of terminal acetylenes is 1. The Morgan fingerprint density at radius 3 is 2.83 bits per heavy atom. The second kappa shape index (κ2) is 6.09. The first-order valence-electron chi connectivity index (χ1n) is 6.14. The predicted octanol–water partition coefficient (Wildman–Crippen LogP) is 2.96. The summed E-state index contributed by atoms with van der Waals surface area (Å²) in [4.78, 5) is 0. The van der Waals surface area contributed by atoms with Crippen LogP contribution in [0.5, 0.6) is 5.75 Å². The molecule has 0 bridgehead atoms. The second-order valence-corrected chi connectivity index (χ2v) is 4.00. The van der Waals surface area contributed by atoms with Crippen LogP contribution in [0, 0.1) is 12.3 Å². The fourth-order valence-electron chi connectivity index (χ4n) is 2.05. The van der Waals surface area contributed by atoms with Gasteiger partial charge in [-0.2, -0.15) is 0 Å². The Morgan fingerprint density at radius 1 is 1.22 bits per heavy atom. The normalized spacial score (nSPS) is 10.2. The van der Waals surface area contributed by atoms with Crippen LogP contribution in [0.1, 0.15) is 12.5 Å². The van der Waals surface area contributed by atoms with E-state index in [1.165, 1.54) is 16.3 Å². The lowest BCUT2D eigenvalue weighted by atomic mass is 10.0. The number of nitrogens with one attached hydrogen (secondary N) is 1. The molecule has 0 heterocycles. The van der Waals surface area contributed by atoms with Crippen LogP contribution in [0.4, 0.5) is 0 Å². The summed E-state index contributed by atoms with van der Waals surface area (Å²) in [7, 11) is 0. The van der Waals surface area contributed by atoms with Gasteiger partial charge in [0.05, 0.1) is 13.2 Å². The molecule has 0 saturated heterocycles. The van der Waals surface area contributed by atoms with E-state index in [1.54, 1.807) is 0 Å². The van der Waals surface area contributed by atoms with Gasteiger partial charge in [-0.3, -0.25) is 0 Å². The van der Waals surface area contributed by atoms with Crippen LogP contribution >= 0.6 is 0 Å². The van der Waals surface area contributed by atoms with E-state index in [9.17, 15) is 0 Å². The molecule has 2 aromatic carbocycles. The molecule has 1 N–H and O–H groups in total. The summed E-state index contributed by atoms with van der Waals surface area (Å²) in [6.07, 6.45) is 5.26. The van der Waals surface area contributed by atoms with Crippen LogP contribution in [0.2, 0.25) is 0 Å². The van der Waals surface area contributed by atoms with Crippen LogP contribution < -0.4 is 10.1 Å². The fraction of sp³-hybridized carbons (Fsp3) is 0.250. The Hall–Kier alpha value is -1.98. The van der Waals surface area contributed by atoms with Gasteiger partial charge in [-0.15, -0.1) is 6.42 Å². The lowest BCUT2D eigenvalue weighted by molar-refractivity contribution is 0.336. The number of ether oxygens (including phenoxy) is 1. The SMILES string of the molecule is C#CCNCc1c(OCC)ccc2ccccc12. The van der Waals surface area contributed by atoms with E-state index in [1.807, 2.05) is 25.1 Å². The highest BCUT2D eigenvalue weighted by molar-refractivity contribution is 5.87. The van der Waals surface area contributed by atoms with Gasteiger partial charge in [0.25, 0.3) is 0 Å². The molecule has 0 aliphatic heterocycles. The Kier molecular flexibility index (Phi) is 4.22. The first-order valence-corrected chi connectivity index (χ1v) is 6.14. The van der Waals surface area contributed by atoms with Crippen molar-refractivity contribution in [3.05, 3.63) is 42.0 Å². The standard InChI is InChI=1S/C16H17NO/c1-3-11-17-12-15-14-8-6-5-7-13(14)9-10-16(15)18-4-2/h1,5-10,17H,4,11-12H2,2H3. The zero-order valence-corrected chi connectivity index (χ0v) is 10.6. The smallest absolute Gasteiger partial charge is 0.124 e. The van der Waals surface area contributed by atoms with Crippen molar-refractivity contribution in [3.63, 3.8) is 0 Å². The Balaban J connectivity index is 2.42. The molecule has 2 heteroatoms. The fourth-order valence-corrected chi connectivity index (χ4v) is 2.05. The first kappa shape index (κ1) is 12.5. The monoisotopic (exact) mass is 239 g/mol. The molecular weight excluding hydrogens is 222 g/mol. The number of hydrogen-bond donors (Lipinski definition) is 1. The molecule has 2 aromatic rings. The van der Waals surface area contributed by atoms with Gasteiger partial charge in [0, 0.05) is 12.1 Å². The molecule has 2 rings (SSSR count). The van der Waals surface area contributed by atoms with Crippen molar-refractivity contribution in [1.29, 1.82) is 0 Å². The molecule has 0 aliphatic rings. The van der Waals surface area contributed by atoms with Crippen LogP contribution in [-0.4, -0.2) is 13.2 Å². The van der Waals surface area contributed by atoms with Crippen molar-refractivity contribution < 1.29 is 4.74 Å². The Bertz CT molecular complexity index is 569. The third kappa shape index (κ3) is 2.64. The maximum absolute atomic E-state index is 5.68. The van der Waals surface area contributed by atoms with E-state index >= 15 is 0 Å². The van der Waals surface area contributed by atoms with Crippen LogP contribution in [0.3, 0.4) is 0 Å². The molecule has 18 heavy (non-hydrogen) atoms. The molecular formula is C16H17NO. The molecule has 0 fully saturated rings. The highest BCUT2D eigenvalue weighted by atomic mass is 16.5. The Morgan fingerprint density at radius 2 is 2.06 bits per heavy atom. The molecule has 0 unspecified atom stereocenters. The zero-order valence-electron chi connectivity index (χ0n) is 10.6. The van der Waals surface area contributed by atoms with E-state index in [-0.39, 0.29) is 0 Å². The van der Waals surface area contributed by atoms with Gasteiger partial charge >= 0.3 is 0 Å². The van der Waals surface area contributed by atoms with Crippen molar-refractivity contribution in [1.82, 2.24) is 5.32 Å². The summed E-state index contributed by atoms with van der Waals surface area (Å²) < 4.78 is 5.68. The van der Waals surface area contributed by atoms with Gasteiger partial charge in [-0.1, -0.05) is 36.3 Å². The summed E-state index contributed by atoms with van der Waals surface area (Å²) in [5.41, 5.74) is 1.17. The topological polar surface area (TPSA) is 21.3 Å². The van der Waals surface area contributed by atoms with Crippen LogP contribution in [0.15, 0.2) is 36.4 Å². The molecule has 0 amide bonds. The minimum absolute atomic E-state index is 0.564. The van der Waals surface area contributed by atoms with Gasteiger partial charge in [-0.05, 0) is 23.8 Å². The summed E-state index contributed by atoms with van der Waals surface area (Å²) >= 11 is 0. The minimum atomic E-state index is 0.564. The molecule has 0 aliphatic carbocycles. The average molecular weight is 239 g/mol. The van der Waals surface area contributed by atoms with E-state index < -0.39 is 0 Å². The maximum Gasteiger partial charge on any atom is 0.124 e. The van der Waals surface area contributed by atoms with E-state index in [0.29, 0.717) is 13.2 Å². The zero-order chi connectivity index (χ0) is 12.8. The second-order valence-electron chi connectivity index (χ2n) is 4.00. The highest BCUT2D eigenvalue weighted by Crippen LogP contribution is 2.28. The third-order valence-corrected chi connectivity index (χ3v) is 2.83. The number of fused-ring (bicyclic) bond motifs is 1. The minimum Gasteiger partial charge on any atom is -0.494 e. The van der Waals surface area contributed by atoms with E-state index in [0.717, 1.165) is 12.3 Å². The van der Waals surface area contributed by atoms with Crippen molar-refractivity contribution in [3.8, 4) is 18.1 Å². The lowest BCUT2D eigenvalue weighted by Crippen LogP contribution is -2.14. The summed E-state index contributed by atoms with van der Waals surface area (Å²) in [5, 5.41) is 5.66. The molecule has 0 radical (unpaired) electrons. The van der Waals surface area contributed by atoms with Crippen LogP contribution in [0.25, 0.3) is 10.8 Å². The van der Waals surface area contributed by atoms with Gasteiger partial charge in [0.15, 0.2) is 0 Å².